The number of aliphatic imine (C=N–C) groups is 1. The summed E-state index contributed by atoms with van der Waals surface area (Å²) in [5, 5.41) is 4.25. The number of piperidine rings is 1. The number of carbonyl (C=O) groups is 1. The van der Waals surface area contributed by atoms with Crippen molar-refractivity contribution in [3.8, 4) is 0 Å². The van der Waals surface area contributed by atoms with Crippen molar-refractivity contribution in [3.63, 3.8) is 0 Å². The molecule has 3 aliphatic heterocycles. The van der Waals surface area contributed by atoms with E-state index in [0.717, 1.165) is 55.6 Å². The van der Waals surface area contributed by atoms with E-state index in [1.165, 1.54) is 0 Å². The third kappa shape index (κ3) is 4.36. The van der Waals surface area contributed by atoms with Crippen LogP contribution in [0, 0.1) is 0 Å². The van der Waals surface area contributed by atoms with Gasteiger partial charge in [0, 0.05) is 24.3 Å². The van der Waals surface area contributed by atoms with Gasteiger partial charge in [-0.15, -0.1) is 0 Å². The maximum absolute atomic E-state index is 14.1. The maximum atomic E-state index is 14.1. The summed E-state index contributed by atoms with van der Waals surface area (Å²) in [6, 6.07) is 3.48. The topological polar surface area (TPSA) is 103 Å². The van der Waals surface area contributed by atoms with Gasteiger partial charge in [0.25, 0.3) is 5.91 Å². The number of carbonyl (C=O) groups excluding carboxylic acids is 1. The van der Waals surface area contributed by atoms with E-state index in [1.807, 2.05) is 26.2 Å². The Morgan fingerprint density at radius 2 is 1.89 bits per heavy atom. The fraction of sp³-hybridized carbons (Fsp3) is 0.577. The Balaban J connectivity index is 1.50. The molecule has 1 saturated heterocycles. The first kappa shape index (κ1) is 24.6. The van der Waals surface area contributed by atoms with Gasteiger partial charge >= 0.3 is 0 Å². The van der Waals surface area contributed by atoms with Crippen LogP contribution in [-0.2, 0) is 23.6 Å². The van der Waals surface area contributed by atoms with Crippen molar-refractivity contribution in [1.29, 1.82) is 0 Å². The second kappa shape index (κ2) is 8.64. The lowest BCUT2D eigenvalue weighted by molar-refractivity contribution is 0.0832. The fourth-order valence-electron chi connectivity index (χ4n) is 5.74. The number of anilines is 1. The van der Waals surface area contributed by atoms with Crippen LogP contribution in [0.1, 0.15) is 66.9 Å². The van der Waals surface area contributed by atoms with Gasteiger partial charge in [0.1, 0.15) is 0 Å². The molecule has 0 bridgehead atoms. The average molecular weight is 526 g/mol. The van der Waals surface area contributed by atoms with Crippen LogP contribution in [0.5, 0.6) is 0 Å². The molecule has 1 atom stereocenters. The summed E-state index contributed by atoms with van der Waals surface area (Å²) in [6.07, 6.45) is 7.11. The summed E-state index contributed by atoms with van der Waals surface area (Å²) in [7, 11) is 0.169. The van der Waals surface area contributed by atoms with E-state index >= 15 is 0 Å². The van der Waals surface area contributed by atoms with E-state index in [4.69, 9.17) is 4.99 Å². The number of guanidine groups is 1. The average Bonchev–Trinajstić information content (AvgIpc) is 3.22. The molecule has 0 unspecified atom stereocenters. The highest BCUT2D eigenvalue weighted by atomic mass is 32.2. The molecule has 6 rings (SSSR count). The number of hydrogen-bond donors (Lipinski definition) is 1. The Kier molecular flexibility index (Phi) is 5.74. The standard InChI is InChI=1S/C26H35N7O3S/c1-17-13-27-25-32(16-18-14-28-31(4)15-18)24(34)22-12-20(37(35,36)29-26(2)7-8-26)11-21(23(22)33(17)25)19-5-9-30(3)10-6-19/h11-12,14-15,17,19,29H,5-10,13,16H2,1-4H3/t17-/m1/s1. The summed E-state index contributed by atoms with van der Waals surface area (Å²) in [5.41, 5.74) is 2.71. The van der Waals surface area contributed by atoms with Crippen molar-refractivity contribution in [2.45, 2.75) is 68.5 Å². The van der Waals surface area contributed by atoms with Crippen LogP contribution < -0.4 is 9.62 Å². The van der Waals surface area contributed by atoms with Crippen molar-refractivity contribution < 1.29 is 13.2 Å². The zero-order chi connectivity index (χ0) is 26.1. The highest BCUT2D eigenvalue weighted by Crippen LogP contribution is 2.44. The van der Waals surface area contributed by atoms with E-state index in [1.54, 1.807) is 21.8 Å². The van der Waals surface area contributed by atoms with Crippen LogP contribution in [0.15, 0.2) is 34.4 Å². The lowest BCUT2D eigenvalue weighted by Gasteiger charge is -2.41. The summed E-state index contributed by atoms with van der Waals surface area (Å²) >= 11 is 0. The number of rotatable bonds is 6. The van der Waals surface area contributed by atoms with Gasteiger partial charge in [0.15, 0.2) is 0 Å². The van der Waals surface area contributed by atoms with Gasteiger partial charge in [0.2, 0.25) is 16.0 Å². The normalized spacial score (nSPS) is 23.7. The van der Waals surface area contributed by atoms with Crippen LogP contribution >= 0.6 is 0 Å². The largest absolute Gasteiger partial charge is 0.306 e. The minimum absolute atomic E-state index is 0.0641. The van der Waals surface area contributed by atoms with Gasteiger partial charge in [-0.3, -0.25) is 19.4 Å². The van der Waals surface area contributed by atoms with Gasteiger partial charge < -0.3 is 9.80 Å². The lowest BCUT2D eigenvalue weighted by atomic mass is 9.85. The first-order valence-electron chi connectivity index (χ1n) is 13.1. The molecule has 2 fully saturated rings. The third-order valence-corrected chi connectivity index (χ3v) is 9.79. The first-order valence-corrected chi connectivity index (χ1v) is 14.6. The number of nitrogens with zero attached hydrogens (tertiary/aromatic N) is 6. The van der Waals surface area contributed by atoms with Gasteiger partial charge in [-0.05, 0) is 83.3 Å². The first-order chi connectivity index (χ1) is 17.5. The fourth-order valence-corrected chi connectivity index (χ4v) is 7.27. The molecule has 4 aliphatic rings. The Morgan fingerprint density at radius 3 is 2.54 bits per heavy atom. The Labute approximate surface area is 218 Å². The molecule has 1 aliphatic carbocycles. The van der Waals surface area contributed by atoms with Crippen molar-refractivity contribution >= 4 is 27.6 Å². The van der Waals surface area contributed by atoms with Gasteiger partial charge in [0.05, 0.1) is 41.5 Å². The SMILES string of the molecule is C[C@@H]1CN=C2N(Cc3cnn(C)c3)C(=O)c3cc(S(=O)(=O)NC4(C)CC4)cc(C4CCN(C)CC4)c3N21. The highest BCUT2D eigenvalue weighted by Gasteiger charge is 2.45. The number of fused-ring (bicyclic) bond motifs is 3. The second-order valence-corrected chi connectivity index (χ2v) is 13.1. The van der Waals surface area contributed by atoms with E-state index in [-0.39, 0.29) is 22.8 Å². The zero-order valence-corrected chi connectivity index (χ0v) is 22.8. The number of sulfonamides is 1. The van der Waals surface area contributed by atoms with Crippen molar-refractivity contribution in [3.05, 3.63) is 41.2 Å². The maximum Gasteiger partial charge on any atom is 0.263 e. The molecule has 1 N–H and O–H groups in total. The predicted molar refractivity (Wildman–Crippen MR) is 141 cm³/mol. The molecule has 2 aromatic rings. The molecule has 0 radical (unpaired) electrons. The number of amides is 1. The monoisotopic (exact) mass is 525 g/mol. The van der Waals surface area contributed by atoms with Crippen LogP contribution in [0.4, 0.5) is 5.69 Å². The van der Waals surface area contributed by atoms with Crippen molar-refractivity contribution in [2.24, 2.45) is 12.0 Å². The quantitative estimate of drug-likeness (QED) is 0.621. The van der Waals surface area contributed by atoms with E-state index in [2.05, 4.69) is 33.6 Å². The molecule has 4 heterocycles. The van der Waals surface area contributed by atoms with Crippen LogP contribution in [0.2, 0.25) is 0 Å². The third-order valence-electron chi connectivity index (χ3n) is 8.17. The van der Waals surface area contributed by atoms with Gasteiger partial charge in [-0.1, -0.05) is 0 Å². The molecule has 11 heteroatoms. The predicted octanol–water partition coefficient (Wildman–Crippen LogP) is 2.28. The van der Waals surface area contributed by atoms with Crippen LogP contribution in [0.25, 0.3) is 0 Å². The number of likely N-dealkylation sites (tertiary alicyclic amines) is 1. The van der Waals surface area contributed by atoms with Crippen LogP contribution in [-0.4, -0.2) is 78.1 Å². The Bertz CT molecular complexity index is 1390. The van der Waals surface area contributed by atoms with Crippen LogP contribution in [0.3, 0.4) is 0 Å². The molecule has 198 valence electrons. The Hall–Kier alpha value is -2.76. The smallest absolute Gasteiger partial charge is 0.263 e. The summed E-state index contributed by atoms with van der Waals surface area (Å²) in [4.78, 5) is 25.2. The number of aromatic nitrogens is 2. The molecule has 1 aromatic carbocycles. The van der Waals surface area contributed by atoms with E-state index in [0.29, 0.717) is 24.6 Å². The lowest BCUT2D eigenvalue weighted by Crippen LogP contribution is -2.52. The van der Waals surface area contributed by atoms with Crippen molar-refractivity contribution in [1.82, 2.24) is 24.3 Å². The van der Waals surface area contributed by atoms with E-state index < -0.39 is 15.6 Å². The second-order valence-electron chi connectivity index (χ2n) is 11.4. The summed E-state index contributed by atoms with van der Waals surface area (Å²) < 4.78 is 31.7. The van der Waals surface area contributed by atoms with E-state index in [9.17, 15) is 13.2 Å². The number of hydrogen-bond acceptors (Lipinski definition) is 7. The molecule has 1 saturated carbocycles. The molecule has 1 aromatic heterocycles. The summed E-state index contributed by atoms with van der Waals surface area (Å²) in [5.74, 6) is 0.595. The minimum atomic E-state index is -3.79. The van der Waals surface area contributed by atoms with Crippen molar-refractivity contribution in [2.75, 3.05) is 31.6 Å². The number of benzene rings is 1. The van der Waals surface area contributed by atoms with Gasteiger partial charge in [-0.2, -0.15) is 5.10 Å². The molecular formula is C26H35N7O3S. The van der Waals surface area contributed by atoms with Gasteiger partial charge in [-0.25, -0.2) is 13.1 Å². The molecule has 10 nitrogen and oxygen atoms in total. The zero-order valence-electron chi connectivity index (χ0n) is 21.9. The molecule has 37 heavy (non-hydrogen) atoms. The highest BCUT2D eigenvalue weighted by molar-refractivity contribution is 7.89. The molecule has 1 amide bonds. The molecule has 0 spiro atoms. The minimum Gasteiger partial charge on any atom is -0.306 e. The summed E-state index contributed by atoms with van der Waals surface area (Å²) in [6.45, 7) is 6.81. The number of aryl methyl sites for hydroxylation is 1. The Morgan fingerprint density at radius 1 is 1.16 bits per heavy atom. The number of nitrogens with one attached hydrogen (secondary N) is 1. The molecular weight excluding hydrogens is 490 g/mol.